The number of benzene rings is 1. The van der Waals surface area contributed by atoms with Crippen molar-refractivity contribution in [3.8, 4) is 22.8 Å². The zero-order valence-corrected chi connectivity index (χ0v) is 11.6. The van der Waals surface area contributed by atoms with E-state index in [9.17, 15) is 4.79 Å². The number of rotatable bonds is 5. The highest BCUT2D eigenvalue weighted by atomic mass is 35.5. The predicted molar refractivity (Wildman–Crippen MR) is 71.6 cm³/mol. The Labute approximate surface area is 119 Å². The highest BCUT2D eigenvalue weighted by Crippen LogP contribution is 2.38. The average molecular weight is 298 g/mol. The highest BCUT2D eigenvalue weighted by molar-refractivity contribution is 6.32. The van der Waals surface area contributed by atoms with Gasteiger partial charge in [-0.2, -0.15) is 0 Å². The highest BCUT2D eigenvalue weighted by Gasteiger charge is 2.18. The van der Waals surface area contributed by atoms with E-state index in [0.717, 1.165) is 0 Å². The SMILES string of the molecule is CCOc1cc(OC)c(Cl)cc1-c1cc(C(=O)O)on1. The summed E-state index contributed by atoms with van der Waals surface area (Å²) in [5, 5.41) is 12.9. The zero-order chi connectivity index (χ0) is 14.7. The summed E-state index contributed by atoms with van der Waals surface area (Å²) in [6.07, 6.45) is 0. The van der Waals surface area contributed by atoms with Crippen LogP contribution in [0.4, 0.5) is 0 Å². The van der Waals surface area contributed by atoms with Crippen molar-refractivity contribution >= 4 is 17.6 Å². The van der Waals surface area contributed by atoms with E-state index in [0.29, 0.717) is 34.4 Å². The molecular formula is C13H12ClNO5. The number of methoxy groups -OCH3 is 1. The van der Waals surface area contributed by atoms with Crippen LogP contribution in [0.25, 0.3) is 11.3 Å². The molecule has 1 N–H and O–H groups in total. The van der Waals surface area contributed by atoms with Crippen LogP contribution in [0, 0.1) is 0 Å². The van der Waals surface area contributed by atoms with Gasteiger partial charge in [0.1, 0.15) is 17.2 Å². The number of aromatic carboxylic acids is 1. The Morgan fingerprint density at radius 2 is 2.15 bits per heavy atom. The van der Waals surface area contributed by atoms with Gasteiger partial charge >= 0.3 is 5.97 Å². The molecule has 2 rings (SSSR count). The molecule has 0 amide bonds. The first-order valence-electron chi connectivity index (χ1n) is 5.77. The molecule has 20 heavy (non-hydrogen) atoms. The van der Waals surface area contributed by atoms with Crippen LogP contribution in [0.2, 0.25) is 5.02 Å². The quantitative estimate of drug-likeness (QED) is 0.913. The largest absolute Gasteiger partial charge is 0.495 e. The summed E-state index contributed by atoms with van der Waals surface area (Å²) in [6, 6.07) is 4.52. The molecule has 6 nitrogen and oxygen atoms in total. The van der Waals surface area contributed by atoms with E-state index in [-0.39, 0.29) is 5.76 Å². The maximum Gasteiger partial charge on any atom is 0.374 e. The number of halogens is 1. The lowest BCUT2D eigenvalue weighted by Crippen LogP contribution is -1.96. The standard InChI is InChI=1S/C13H12ClNO5/c1-3-19-10-6-11(18-2)8(14)4-7(10)9-5-12(13(16)17)20-15-9/h4-6H,3H2,1-2H3,(H,16,17). The van der Waals surface area contributed by atoms with Crippen molar-refractivity contribution in [1.29, 1.82) is 0 Å². The maximum atomic E-state index is 10.8. The minimum atomic E-state index is -1.19. The third kappa shape index (κ3) is 2.70. The monoisotopic (exact) mass is 297 g/mol. The van der Waals surface area contributed by atoms with E-state index >= 15 is 0 Å². The lowest BCUT2D eigenvalue weighted by atomic mass is 10.1. The molecule has 0 spiro atoms. The van der Waals surface area contributed by atoms with Crippen LogP contribution in [0.1, 0.15) is 17.5 Å². The normalized spacial score (nSPS) is 10.3. The second-order valence-corrected chi connectivity index (χ2v) is 4.20. The van der Waals surface area contributed by atoms with Gasteiger partial charge in [0.05, 0.1) is 18.7 Å². The van der Waals surface area contributed by atoms with Crippen LogP contribution >= 0.6 is 11.6 Å². The van der Waals surface area contributed by atoms with E-state index in [1.807, 2.05) is 6.92 Å². The van der Waals surface area contributed by atoms with Crippen molar-refractivity contribution < 1.29 is 23.9 Å². The molecule has 0 aliphatic rings. The molecule has 1 aromatic heterocycles. The first-order chi connectivity index (χ1) is 9.56. The Morgan fingerprint density at radius 1 is 1.40 bits per heavy atom. The van der Waals surface area contributed by atoms with Gasteiger partial charge in [-0.15, -0.1) is 0 Å². The van der Waals surface area contributed by atoms with Crippen molar-refractivity contribution in [3.63, 3.8) is 0 Å². The molecule has 0 radical (unpaired) electrons. The summed E-state index contributed by atoms with van der Waals surface area (Å²) in [5.74, 6) is -0.504. The van der Waals surface area contributed by atoms with Crippen molar-refractivity contribution in [1.82, 2.24) is 5.16 Å². The van der Waals surface area contributed by atoms with Crippen LogP contribution in [0.5, 0.6) is 11.5 Å². The minimum absolute atomic E-state index is 0.255. The second-order valence-electron chi connectivity index (χ2n) is 3.80. The van der Waals surface area contributed by atoms with Gasteiger partial charge in [0.2, 0.25) is 5.76 Å². The number of ether oxygens (including phenoxy) is 2. The van der Waals surface area contributed by atoms with Gasteiger partial charge in [-0.25, -0.2) is 4.79 Å². The lowest BCUT2D eigenvalue weighted by Gasteiger charge is -2.11. The van der Waals surface area contributed by atoms with Gasteiger partial charge < -0.3 is 19.1 Å². The predicted octanol–water partition coefficient (Wildman–Crippen LogP) is 3.10. The summed E-state index contributed by atoms with van der Waals surface area (Å²) in [4.78, 5) is 10.8. The van der Waals surface area contributed by atoms with Gasteiger partial charge in [0, 0.05) is 17.7 Å². The summed E-state index contributed by atoms with van der Waals surface area (Å²) < 4.78 is 15.3. The number of nitrogens with zero attached hydrogens (tertiary/aromatic N) is 1. The molecule has 1 heterocycles. The van der Waals surface area contributed by atoms with Crippen molar-refractivity contribution in [2.45, 2.75) is 6.92 Å². The molecule has 0 saturated heterocycles. The molecule has 0 saturated carbocycles. The molecule has 2 aromatic rings. The molecule has 0 atom stereocenters. The number of hydrogen-bond donors (Lipinski definition) is 1. The molecule has 0 unspecified atom stereocenters. The van der Waals surface area contributed by atoms with E-state index in [1.165, 1.54) is 13.2 Å². The molecule has 0 aliphatic heterocycles. The third-order valence-corrected chi connectivity index (χ3v) is 2.85. The van der Waals surface area contributed by atoms with E-state index in [2.05, 4.69) is 5.16 Å². The molecule has 0 aliphatic carbocycles. The molecular weight excluding hydrogens is 286 g/mol. The van der Waals surface area contributed by atoms with Crippen LogP contribution in [0.3, 0.4) is 0 Å². The maximum absolute atomic E-state index is 10.8. The molecule has 106 valence electrons. The topological polar surface area (TPSA) is 81.8 Å². The Hall–Kier alpha value is -2.21. The number of carbonyl (C=O) groups is 1. The molecule has 0 bridgehead atoms. The summed E-state index contributed by atoms with van der Waals surface area (Å²) >= 11 is 6.07. The first-order valence-corrected chi connectivity index (χ1v) is 6.15. The van der Waals surface area contributed by atoms with E-state index in [1.54, 1.807) is 12.1 Å². The number of aromatic nitrogens is 1. The van der Waals surface area contributed by atoms with Crippen LogP contribution in [-0.4, -0.2) is 29.9 Å². The van der Waals surface area contributed by atoms with Gasteiger partial charge in [0.25, 0.3) is 0 Å². The van der Waals surface area contributed by atoms with E-state index in [4.69, 9.17) is 30.7 Å². The molecule has 0 fully saturated rings. The Kier molecular flexibility index (Phi) is 4.14. The molecule has 1 aromatic carbocycles. The summed E-state index contributed by atoms with van der Waals surface area (Å²) in [5.41, 5.74) is 0.865. The fourth-order valence-corrected chi connectivity index (χ4v) is 1.91. The van der Waals surface area contributed by atoms with E-state index < -0.39 is 5.97 Å². The Bertz CT molecular complexity index is 638. The van der Waals surface area contributed by atoms with Crippen molar-refractivity contribution in [2.24, 2.45) is 0 Å². The molecule has 7 heteroatoms. The van der Waals surface area contributed by atoms with Crippen LogP contribution in [0.15, 0.2) is 22.7 Å². The number of hydrogen-bond acceptors (Lipinski definition) is 5. The van der Waals surface area contributed by atoms with Gasteiger partial charge in [0.15, 0.2) is 0 Å². The minimum Gasteiger partial charge on any atom is -0.495 e. The summed E-state index contributed by atoms with van der Waals surface area (Å²) in [6.45, 7) is 2.26. The smallest absolute Gasteiger partial charge is 0.374 e. The third-order valence-electron chi connectivity index (χ3n) is 2.55. The second kappa shape index (κ2) is 5.83. The van der Waals surface area contributed by atoms with Gasteiger partial charge in [-0.1, -0.05) is 16.8 Å². The number of carboxylic acids is 1. The summed E-state index contributed by atoms with van der Waals surface area (Å²) in [7, 11) is 1.50. The Balaban J connectivity index is 2.52. The zero-order valence-electron chi connectivity index (χ0n) is 10.8. The van der Waals surface area contributed by atoms with Crippen molar-refractivity contribution in [2.75, 3.05) is 13.7 Å². The fraction of sp³-hybridized carbons (Fsp3) is 0.231. The Morgan fingerprint density at radius 3 is 2.70 bits per heavy atom. The van der Waals surface area contributed by atoms with Crippen LogP contribution in [-0.2, 0) is 0 Å². The average Bonchev–Trinajstić information content (AvgIpc) is 2.90. The number of carboxylic acid groups (broad SMARTS) is 1. The first kappa shape index (κ1) is 14.2. The van der Waals surface area contributed by atoms with Crippen molar-refractivity contribution in [3.05, 3.63) is 29.0 Å². The fourth-order valence-electron chi connectivity index (χ4n) is 1.67. The van der Waals surface area contributed by atoms with Gasteiger partial charge in [-0.05, 0) is 13.0 Å². The van der Waals surface area contributed by atoms with Gasteiger partial charge in [-0.3, -0.25) is 0 Å². The lowest BCUT2D eigenvalue weighted by molar-refractivity contribution is 0.0652. The van der Waals surface area contributed by atoms with Crippen LogP contribution < -0.4 is 9.47 Å².